The molecular weight excluding hydrogens is 637 g/mol. The molecule has 0 spiro atoms. The van der Waals surface area contributed by atoms with Gasteiger partial charge in [-0.15, -0.1) is 0 Å². The number of aromatic nitrogens is 3. The quantitative estimate of drug-likeness (QED) is 0.273. The van der Waals surface area contributed by atoms with Crippen LogP contribution in [-0.4, -0.2) is 89.6 Å². The van der Waals surface area contributed by atoms with Gasteiger partial charge >= 0.3 is 12.2 Å². The number of nitrogens with one attached hydrogen (secondary N) is 1. The van der Waals surface area contributed by atoms with Crippen molar-refractivity contribution >= 4 is 22.4 Å². The van der Waals surface area contributed by atoms with Crippen molar-refractivity contribution in [3.63, 3.8) is 0 Å². The van der Waals surface area contributed by atoms with Gasteiger partial charge in [0.1, 0.15) is 40.9 Å². The molecule has 15 heteroatoms. The summed E-state index contributed by atoms with van der Waals surface area (Å²) in [6.07, 6.45) is -2.11. The number of nitrogens with two attached hydrogens (primary N) is 1. The zero-order valence-electron chi connectivity index (χ0n) is 26.7. The van der Waals surface area contributed by atoms with Gasteiger partial charge in [-0.1, -0.05) is 6.92 Å². The minimum Gasteiger partial charge on any atom is -0.472 e. The Labute approximate surface area is 274 Å². The van der Waals surface area contributed by atoms with Gasteiger partial charge in [0.25, 0.3) is 0 Å². The summed E-state index contributed by atoms with van der Waals surface area (Å²) < 4.78 is 94.6. The van der Waals surface area contributed by atoms with Crippen LogP contribution in [0.5, 0.6) is 11.9 Å². The molecule has 0 radical (unpaired) electrons. The summed E-state index contributed by atoms with van der Waals surface area (Å²) in [4.78, 5) is 18.1. The number of anilines is 2. The number of hydrogen-bond acceptors (Lipinski definition) is 10. The van der Waals surface area contributed by atoms with Crippen LogP contribution in [0.15, 0.2) is 6.07 Å². The molecule has 4 fully saturated rings. The number of rotatable bonds is 6. The number of nitrogen functional groups attached to an aromatic ring is 1. The van der Waals surface area contributed by atoms with E-state index in [1.807, 2.05) is 11.8 Å². The lowest BCUT2D eigenvalue weighted by Gasteiger charge is -2.42. The molecule has 3 aromatic rings. The third kappa shape index (κ3) is 5.28. The molecule has 5 atom stereocenters. The summed E-state index contributed by atoms with van der Waals surface area (Å²) in [5.74, 6) is -2.68. The van der Waals surface area contributed by atoms with Crippen molar-refractivity contribution in [2.75, 3.05) is 50.1 Å². The normalized spacial score (nSPS) is 27.4. The molecule has 3 N–H and O–H groups in total. The highest BCUT2D eigenvalue weighted by Gasteiger charge is 2.45. The molecule has 4 aliphatic heterocycles. The standard InChI is InChI=1S/C33H38F5N7O3/c1-3-17-12-45-22(11-40-17)15(2)48-31-24-29(42-32(43-30(24)45)47-14-19-7-6-18-13-46-9-8-44(18)19)27(35)28(41-31)20-10-21(39)26(34)23(16-4-5-16)25(20)33(36,37)38/h10,15-19,22,40H,3-9,11-14,39H2,1-2H3/t15-,17+,18-,19-,22-/m0/s1. The van der Waals surface area contributed by atoms with E-state index < -0.39 is 57.9 Å². The SMILES string of the molecule is CC[C@@H]1CN2c3nc(OC[C@@H]4CC[C@H]5COCCN54)nc4c(F)c(-c5cc(N)c(F)c(C6CC6)c5C(F)(F)F)nc(c34)O[C@@H](C)[C@@H]2CN1. The topological polar surface area (TPSA) is 111 Å². The fourth-order valence-corrected chi connectivity index (χ4v) is 7.91. The lowest BCUT2D eigenvalue weighted by atomic mass is 9.93. The Bertz CT molecular complexity index is 1760. The second-order valence-electron chi connectivity index (χ2n) is 13.6. The number of fused-ring (bicyclic) bond motifs is 3. The lowest BCUT2D eigenvalue weighted by Crippen LogP contribution is -2.60. The average molecular weight is 676 g/mol. The van der Waals surface area contributed by atoms with Crippen LogP contribution in [0.3, 0.4) is 0 Å². The van der Waals surface area contributed by atoms with E-state index in [-0.39, 0.29) is 47.5 Å². The smallest absolute Gasteiger partial charge is 0.417 e. The summed E-state index contributed by atoms with van der Waals surface area (Å²) in [6, 6.07) is 0.965. The third-order valence-corrected chi connectivity index (χ3v) is 10.6. The first-order valence-electron chi connectivity index (χ1n) is 16.8. The predicted octanol–water partition coefficient (Wildman–Crippen LogP) is 5.03. The van der Waals surface area contributed by atoms with Crippen LogP contribution in [0.1, 0.15) is 63.0 Å². The lowest BCUT2D eigenvalue weighted by molar-refractivity contribution is -0.137. The molecule has 1 saturated carbocycles. The van der Waals surface area contributed by atoms with Gasteiger partial charge in [-0.3, -0.25) is 4.90 Å². The Kier molecular flexibility index (Phi) is 7.79. The monoisotopic (exact) mass is 675 g/mol. The van der Waals surface area contributed by atoms with Crippen LogP contribution >= 0.6 is 0 Å². The van der Waals surface area contributed by atoms with Gasteiger partial charge in [-0.2, -0.15) is 23.1 Å². The van der Waals surface area contributed by atoms with E-state index in [0.717, 1.165) is 31.9 Å². The van der Waals surface area contributed by atoms with Gasteiger partial charge < -0.3 is 30.2 Å². The Morgan fingerprint density at radius 3 is 2.67 bits per heavy atom. The van der Waals surface area contributed by atoms with Crippen molar-refractivity contribution in [3.8, 4) is 23.1 Å². The largest absolute Gasteiger partial charge is 0.472 e. The molecular formula is C33H38F5N7O3. The second kappa shape index (κ2) is 11.8. The predicted molar refractivity (Wildman–Crippen MR) is 167 cm³/mol. The van der Waals surface area contributed by atoms with Crippen LogP contribution in [0, 0.1) is 11.6 Å². The van der Waals surface area contributed by atoms with Gasteiger partial charge in [0.2, 0.25) is 5.88 Å². The number of hydrogen-bond donors (Lipinski definition) is 2. The number of piperazine rings is 1. The number of alkyl halides is 3. The highest BCUT2D eigenvalue weighted by atomic mass is 19.4. The maximum atomic E-state index is 16.9. The highest BCUT2D eigenvalue weighted by Crippen LogP contribution is 2.52. The van der Waals surface area contributed by atoms with Crippen LogP contribution in [0.4, 0.5) is 33.5 Å². The van der Waals surface area contributed by atoms with E-state index in [9.17, 15) is 13.2 Å². The van der Waals surface area contributed by atoms with Crippen LogP contribution in [0.2, 0.25) is 0 Å². The molecule has 0 amide bonds. The molecule has 0 unspecified atom stereocenters. The Morgan fingerprint density at radius 2 is 1.92 bits per heavy atom. The summed E-state index contributed by atoms with van der Waals surface area (Å²) in [7, 11) is 0. The molecule has 5 aliphatic rings. The molecule has 2 aromatic heterocycles. The Hall–Kier alpha value is -3.56. The summed E-state index contributed by atoms with van der Waals surface area (Å²) in [5, 5.41) is 3.66. The van der Waals surface area contributed by atoms with Gasteiger partial charge in [0, 0.05) is 48.9 Å². The molecule has 0 bridgehead atoms. The van der Waals surface area contributed by atoms with Crippen LogP contribution in [-0.2, 0) is 10.9 Å². The number of benzene rings is 1. The summed E-state index contributed by atoms with van der Waals surface area (Å²) >= 11 is 0. The maximum absolute atomic E-state index is 16.9. The molecule has 6 heterocycles. The molecule has 258 valence electrons. The van der Waals surface area contributed by atoms with E-state index >= 15 is 8.78 Å². The Balaban J connectivity index is 1.30. The van der Waals surface area contributed by atoms with Crippen LogP contribution in [0.25, 0.3) is 22.2 Å². The summed E-state index contributed by atoms with van der Waals surface area (Å²) in [6.45, 7) is 7.27. The zero-order chi connectivity index (χ0) is 33.5. The van der Waals surface area contributed by atoms with Gasteiger partial charge in [0.05, 0.1) is 30.5 Å². The van der Waals surface area contributed by atoms with E-state index in [2.05, 4.69) is 27.1 Å². The van der Waals surface area contributed by atoms with Crippen molar-refractivity contribution in [2.45, 2.75) is 88.3 Å². The fourth-order valence-electron chi connectivity index (χ4n) is 7.91. The molecule has 10 nitrogen and oxygen atoms in total. The maximum Gasteiger partial charge on any atom is 0.417 e. The molecule has 3 saturated heterocycles. The van der Waals surface area contributed by atoms with Crippen molar-refractivity contribution in [3.05, 3.63) is 28.8 Å². The zero-order valence-corrected chi connectivity index (χ0v) is 26.7. The van der Waals surface area contributed by atoms with Crippen LogP contribution < -0.4 is 25.4 Å². The van der Waals surface area contributed by atoms with E-state index in [0.29, 0.717) is 51.0 Å². The van der Waals surface area contributed by atoms with Crippen molar-refractivity contribution in [1.29, 1.82) is 0 Å². The number of morpholine rings is 1. The molecule has 1 aromatic carbocycles. The van der Waals surface area contributed by atoms with Gasteiger partial charge in [0.15, 0.2) is 5.82 Å². The van der Waals surface area contributed by atoms with E-state index in [1.165, 1.54) is 0 Å². The molecule has 8 rings (SSSR count). The highest BCUT2D eigenvalue weighted by molar-refractivity contribution is 5.97. The minimum atomic E-state index is -5.02. The number of halogens is 5. The van der Waals surface area contributed by atoms with Gasteiger partial charge in [-0.05, 0) is 51.0 Å². The third-order valence-electron chi connectivity index (χ3n) is 10.6. The van der Waals surface area contributed by atoms with Crippen molar-refractivity contribution < 1.29 is 36.2 Å². The fraction of sp³-hybridized carbons (Fsp3) is 0.606. The second-order valence-corrected chi connectivity index (χ2v) is 13.6. The first kappa shape index (κ1) is 31.7. The molecule has 48 heavy (non-hydrogen) atoms. The Morgan fingerprint density at radius 1 is 1.10 bits per heavy atom. The van der Waals surface area contributed by atoms with E-state index in [1.54, 1.807) is 0 Å². The number of nitrogens with zero attached hydrogens (tertiary/aromatic N) is 5. The number of ether oxygens (including phenoxy) is 3. The first-order valence-corrected chi connectivity index (χ1v) is 16.8. The van der Waals surface area contributed by atoms with Crippen molar-refractivity contribution in [2.24, 2.45) is 0 Å². The number of pyridine rings is 1. The molecule has 1 aliphatic carbocycles. The van der Waals surface area contributed by atoms with Gasteiger partial charge in [-0.25, -0.2) is 13.8 Å². The van der Waals surface area contributed by atoms with E-state index in [4.69, 9.17) is 24.9 Å². The average Bonchev–Trinajstić information content (AvgIpc) is 3.84. The minimum absolute atomic E-state index is 0.0860. The first-order chi connectivity index (χ1) is 23.0. The van der Waals surface area contributed by atoms with Crippen molar-refractivity contribution in [1.82, 2.24) is 25.2 Å². The summed E-state index contributed by atoms with van der Waals surface area (Å²) in [5.41, 5.74) is 1.97.